The Hall–Kier alpha value is -2.04. The zero-order chi connectivity index (χ0) is 13.7. The van der Waals surface area contributed by atoms with E-state index < -0.39 is 0 Å². The summed E-state index contributed by atoms with van der Waals surface area (Å²) >= 11 is 0. The number of aryl methyl sites for hydroxylation is 1. The predicted molar refractivity (Wildman–Crippen MR) is 75.1 cm³/mol. The van der Waals surface area contributed by atoms with E-state index in [0.717, 1.165) is 23.9 Å². The first kappa shape index (κ1) is 13.4. The van der Waals surface area contributed by atoms with Crippen molar-refractivity contribution in [3.8, 4) is 0 Å². The SMILES string of the molecule is CCCC(=O)NCCCn1c(=O)[nH]c2ccccc21. The molecule has 19 heavy (non-hydrogen) atoms. The maximum absolute atomic E-state index is 11.8. The van der Waals surface area contributed by atoms with Crippen LogP contribution in [0.1, 0.15) is 26.2 Å². The van der Waals surface area contributed by atoms with Crippen LogP contribution in [0.3, 0.4) is 0 Å². The van der Waals surface area contributed by atoms with Gasteiger partial charge in [0.1, 0.15) is 0 Å². The predicted octanol–water partition coefficient (Wildman–Crippen LogP) is 1.64. The number of amides is 1. The van der Waals surface area contributed by atoms with E-state index in [1.807, 2.05) is 31.2 Å². The highest BCUT2D eigenvalue weighted by atomic mass is 16.2. The molecule has 0 fully saturated rings. The molecule has 0 saturated carbocycles. The van der Waals surface area contributed by atoms with Gasteiger partial charge in [-0.2, -0.15) is 0 Å². The molecule has 2 aromatic rings. The van der Waals surface area contributed by atoms with Crippen molar-refractivity contribution in [1.82, 2.24) is 14.9 Å². The lowest BCUT2D eigenvalue weighted by Gasteiger charge is -2.05. The molecule has 0 atom stereocenters. The van der Waals surface area contributed by atoms with Gasteiger partial charge in [-0.25, -0.2) is 4.79 Å². The van der Waals surface area contributed by atoms with Gasteiger partial charge in [-0.05, 0) is 25.0 Å². The summed E-state index contributed by atoms with van der Waals surface area (Å²) in [6.45, 7) is 3.19. The average molecular weight is 261 g/mol. The molecule has 0 bridgehead atoms. The lowest BCUT2D eigenvalue weighted by Crippen LogP contribution is -2.26. The smallest absolute Gasteiger partial charge is 0.326 e. The van der Waals surface area contributed by atoms with Crippen molar-refractivity contribution in [3.63, 3.8) is 0 Å². The van der Waals surface area contributed by atoms with Crippen molar-refractivity contribution in [2.24, 2.45) is 0 Å². The van der Waals surface area contributed by atoms with E-state index >= 15 is 0 Å². The van der Waals surface area contributed by atoms with Crippen LogP contribution in [-0.4, -0.2) is 22.0 Å². The first-order valence-electron chi connectivity index (χ1n) is 6.66. The van der Waals surface area contributed by atoms with Crippen LogP contribution < -0.4 is 11.0 Å². The van der Waals surface area contributed by atoms with Crippen molar-refractivity contribution in [2.45, 2.75) is 32.7 Å². The highest BCUT2D eigenvalue weighted by molar-refractivity contribution is 5.76. The van der Waals surface area contributed by atoms with Gasteiger partial charge in [0.05, 0.1) is 11.0 Å². The molecule has 5 heteroatoms. The third-order valence-electron chi connectivity index (χ3n) is 3.04. The number of fused-ring (bicyclic) bond motifs is 1. The topological polar surface area (TPSA) is 66.9 Å². The molecule has 1 aromatic carbocycles. The molecule has 0 aliphatic rings. The van der Waals surface area contributed by atoms with Gasteiger partial charge in [0.2, 0.25) is 5.91 Å². The minimum atomic E-state index is -0.0962. The first-order valence-corrected chi connectivity index (χ1v) is 6.66. The highest BCUT2D eigenvalue weighted by Crippen LogP contribution is 2.08. The summed E-state index contributed by atoms with van der Waals surface area (Å²) in [4.78, 5) is 25.9. The van der Waals surface area contributed by atoms with Crippen LogP contribution in [-0.2, 0) is 11.3 Å². The molecule has 0 aliphatic heterocycles. The summed E-state index contributed by atoms with van der Waals surface area (Å²) in [6, 6.07) is 7.61. The monoisotopic (exact) mass is 261 g/mol. The number of benzene rings is 1. The number of hydrogen-bond donors (Lipinski definition) is 2. The molecule has 1 amide bonds. The van der Waals surface area contributed by atoms with Gasteiger partial charge < -0.3 is 10.3 Å². The number of rotatable bonds is 6. The fraction of sp³-hybridized carbons (Fsp3) is 0.429. The molecule has 5 nitrogen and oxygen atoms in total. The maximum atomic E-state index is 11.8. The van der Waals surface area contributed by atoms with Gasteiger partial charge in [-0.15, -0.1) is 0 Å². The molecular formula is C14H19N3O2. The molecular weight excluding hydrogens is 242 g/mol. The van der Waals surface area contributed by atoms with Crippen LogP contribution in [0.4, 0.5) is 0 Å². The van der Waals surface area contributed by atoms with E-state index in [1.165, 1.54) is 0 Å². The summed E-state index contributed by atoms with van der Waals surface area (Å²) in [7, 11) is 0. The second-order valence-corrected chi connectivity index (χ2v) is 4.55. The van der Waals surface area contributed by atoms with E-state index in [0.29, 0.717) is 19.5 Å². The van der Waals surface area contributed by atoms with E-state index in [1.54, 1.807) is 4.57 Å². The number of nitrogens with one attached hydrogen (secondary N) is 2. The van der Waals surface area contributed by atoms with Crippen molar-refractivity contribution < 1.29 is 4.79 Å². The molecule has 0 saturated heterocycles. The second-order valence-electron chi connectivity index (χ2n) is 4.55. The van der Waals surface area contributed by atoms with E-state index in [4.69, 9.17) is 0 Å². The number of H-pyrrole nitrogens is 1. The van der Waals surface area contributed by atoms with Crippen LogP contribution in [0.5, 0.6) is 0 Å². The van der Waals surface area contributed by atoms with Gasteiger partial charge in [0, 0.05) is 19.5 Å². The molecule has 102 valence electrons. The van der Waals surface area contributed by atoms with Gasteiger partial charge in [0.25, 0.3) is 0 Å². The molecule has 0 unspecified atom stereocenters. The summed E-state index contributed by atoms with van der Waals surface area (Å²) in [5.41, 5.74) is 1.66. The summed E-state index contributed by atoms with van der Waals surface area (Å²) in [6.07, 6.45) is 2.16. The number of aromatic amines is 1. The fourth-order valence-electron chi connectivity index (χ4n) is 2.11. The quantitative estimate of drug-likeness (QED) is 0.776. The van der Waals surface area contributed by atoms with Gasteiger partial charge in [-0.1, -0.05) is 19.1 Å². The van der Waals surface area contributed by atoms with Crippen LogP contribution in [0.25, 0.3) is 11.0 Å². The number of carbonyl (C=O) groups excluding carboxylic acids is 1. The summed E-state index contributed by atoms with van der Waals surface area (Å²) in [5, 5.41) is 2.85. The zero-order valence-corrected chi connectivity index (χ0v) is 11.1. The zero-order valence-electron chi connectivity index (χ0n) is 11.1. The number of hydrogen-bond acceptors (Lipinski definition) is 2. The first-order chi connectivity index (χ1) is 9.22. The Kier molecular flexibility index (Phi) is 4.39. The summed E-state index contributed by atoms with van der Waals surface area (Å²) < 4.78 is 1.71. The van der Waals surface area contributed by atoms with E-state index in [2.05, 4.69) is 10.3 Å². The number of carbonyl (C=O) groups is 1. The van der Waals surface area contributed by atoms with Crippen molar-refractivity contribution in [3.05, 3.63) is 34.7 Å². The minimum absolute atomic E-state index is 0.0776. The fourth-order valence-corrected chi connectivity index (χ4v) is 2.11. The number of para-hydroxylation sites is 2. The Morgan fingerprint density at radius 1 is 1.37 bits per heavy atom. The standard InChI is InChI=1S/C14H19N3O2/c1-2-6-13(18)15-9-5-10-17-12-8-4-3-7-11(12)16-14(17)19/h3-4,7-8H,2,5-6,9-10H2,1H3,(H,15,18)(H,16,19). The summed E-state index contributed by atoms with van der Waals surface area (Å²) in [5.74, 6) is 0.0776. The molecule has 1 aromatic heterocycles. The Morgan fingerprint density at radius 3 is 2.95 bits per heavy atom. The lowest BCUT2D eigenvalue weighted by molar-refractivity contribution is -0.121. The van der Waals surface area contributed by atoms with Crippen molar-refractivity contribution in [1.29, 1.82) is 0 Å². The maximum Gasteiger partial charge on any atom is 0.326 e. The van der Waals surface area contributed by atoms with Crippen molar-refractivity contribution >= 4 is 16.9 Å². The number of aromatic nitrogens is 2. The number of nitrogens with zero attached hydrogens (tertiary/aromatic N) is 1. The average Bonchev–Trinajstić information content (AvgIpc) is 2.71. The molecule has 1 heterocycles. The van der Waals surface area contributed by atoms with E-state index in [-0.39, 0.29) is 11.6 Å². The van der Waals surface area contributed by atoms with Gasteiger partial charge >= 0.3 is 5.69 Å². The largest absolute Gasteiger partial charge is 0.356 e. The second kappa shape index (κ2) is 6.22. The molecule has 0 aliphatic carbocycles. The van der Waals surface area contributed by atoms with E-state index in [9.17, 15) is 9.59 Å². The van der Waals surface area contributed by atoms with Gasteiger partial charge in [-0.3, -0.25) is 9.36 Å². The molecule has 2 rings (SSSR count). The minimum Gasteiger partial charge on any atom is -0.356 e. The Balaban J connectivity index is 1.93. The molecule has 2 N–H and O–H groups in total. The molecule has 0 radical (unpaired) electrons. The van der Waals surface area contributed by atoms with Crippen LogP contribution in [0.2, 0.25) is 0 Å². The third-order valence-corrected chi connectivity index (χ3v) is 3.04. The normalized spacial score (nSPS) is 10.8. The van der Waals surface area contributed by atoms with Crippen LogP contribution in [0.15, 0.2) is 29.1 Å². The van der Waals surface area contributed by atoms with Gasteiger partial charge in [0.15, 0.2) is 0 Å². The third kappa shape index (κ3) is 3.24. The molecule has 0 spiro atoms. The Labute approximate surface area is 111 Å². The van der Waals surface area contributed by atoms with Crippen LogP contribution >= 0.6 is 0 Å². The number of imidazole rings is 1. The Bertz CT molecular complexity index is 612. The van der Waals surface area contributed by atoms with Crippen LogP contribution in [0, 0.1) is 0 Å². The Morgan fingerprint density at radius 2 is 2.16 bits per heavy atom. The lowest BCUT2D eigenvalue weighted by atomic mass is 10.3. The van der Waals surface area contributed by atoms with Crippen molar-refractivity contribution in [2.75, 3.05) is 6.54 Å². The highest BCUT2D eigenvalue weighted by Gasteiger charge is 2.05.